The van der Waals surface area contributed by atoms with Crippen LogP contribution in [0.4, 0.5) is 0 Å². The minimum Gasteiger partial charge on any atom is -0.469 e. The number of nitrogens with one attached hydrogen (secondary N) is 4. The number of benzene rings is 1. The van der Waals surface area contributed by atoms with Gasteiger partial charge in [0.2, 0.25) is 23.6 Å². The third-order valence-corrected chi connectivity index (χ3v) is 9.33. The van der Waals surface area contributed by atoms with Gasteiger partial charge in [0.25, 0.3) is 0 Å². The second-order valence-electron chi connectivity index (χ2n) is 15.4. The number of aliphatic hydroxyl groups is 1. The Morgan fingerprint density at radius 3 is 1.95 bits per heavy atom. The van der Waals surface area contributed by atoms with Crippen molar-refractivity contribution in [2.24, 2.45) is 22.4 Å². The summed E-state index contributed by atoms with van der Waals surface area (Å²) < 4.78 is 9.78. The van der Waals surface area contributed by atoms with Crippen molar-refractivity contribution in [3.05, 3.63) is 40.8 Å². The Morgan fingerprint density at radius 1 is 0.818 bits per heavy atom. The van der Waals surface area contributed by atoms with Gasteiger partial charge in [0, 0.05) is 26.4 Å². The third-order valence-electron chi connectivity index (χ3n) is 9.33. The summed E-state index contributed by atoms with van der Waals surface area (Å²) in [4.78, 5) is 104. The lowest BCUT2D eigenvalue weighted by Crippen LogP contribution is -2.62. The monoisotopic (exact) mass is 775 g/mol. The molecule has 308 valence electrons. The van der Waals surface area contributed by atoms with E-state index in [9.17, 15) is 43.6 Å². The molecule has 0 saturated carbocycles. The lowest BCUT2D eigenvalue weighted by molar-refractivity contribution is -0.141. The Bertz CT molecular complexity index is 1480. The topological polar surface area (TPSA) is 236 Å². The number of hydrogen-bond acceptors (Lipinski definition) is 12. The largest absolute Gasteiger partial charge is 0.469 e. The van der Waals surface area contributed by atoms with Gasteiger partial charge in [-0.15, -0.1) is 0 Å². The van der Waals surface area contributed by atoms with Crippen LogP contribution in [0.5, 0.6) is 0 Å². The molecule has 7 unspecified atom stereocenters. The molecule has 0 bridgehead atoms. The standard InChI is InChI=1S/C39H61N5O11/c1-23(2)20-30(25(4)45)41-37(52)39(8,21-27-14-12-11-13-15-27)43-34(49)28(24(3)44-53)16-18-31(47)29(17-19-32(48)55-10)40-35(50)33(26(5)46)42-36(51)38(6,7)22-54-9/h11-15,23-24,26,28-30,33,46H,16-22H2,1-10H3,(H,40,50)(H,41,52)(H,42,51)(H,43,49). The van der Waals surface area contributed by atoms with E-state index in [0.717, 1.165) is 7.11 Å². The molecule has 0 spiro atoms. The van der Waals surface area contributed by atoms with Gasteiger partial charge in [-0.2, -0.15) is 4.91 Å². The van der Waals surface area contributed by atoms with Crippen molar-refractivity contribution in [1.82, 2.24) is 21.3 Å². The fraction of sp³-hybridized carbons (Fsp3) is 0.667. The number of ether oxygens (including phenoxy) is 2. The number of amides is 4. The first-order valence-electron chi connectivity index (χ1n) is 18.5. The molecule has 1 rings (SSSR count). The van der Waals surface area contributed by atoms with Gasteiger partial charge in [0.15, 0.2) is 11.6 Å². The predicted octanol–water partition coefficient (Wildman–Crippen LogP) is 2.32. The van der Waals surface area contributed by atoms with Crippen LogP contribution in [0.1, 0.15) is 93.1 Å². The highest BCUT2D eigenvalue weighted by atomic mass is 16.5. The molecule has 0 saturated heterocycles. The first-order chi connectivity index (χ1) is 25.6. The lowest BCUT2D eigenvalue weighted by Gasteiger charge is -2.33. The van der Waals surface area contributed by atoms with Gasteiger partial charge < -0.3 is 35.8 Å². The number of aliphatic hydroxyl groups excluding tert-OH is 1. The Kier molecular flexibility index (Phi) is 20.0. The van der Waals surface area contributed by atoms with Crippen LogP contribution in [0.15, 0.2) is 35.5 Å². The fourth-order valence-electron chi connectivity index (χ4n) is 5.91. The minimum atomic E-state index is -1.61. The van der Waals surface area contributed by atoms with Crippen LogP contribution in [-0.2, 0) is 49.5 Å². The number of Topliss-reactive ketones (excluding diaryl/α,β-unsaturated/α-hetero) is 2. The molecule has 16 heteroatoms. The molecular formula is C39H61N5O11. The summed E-state index contributed by atoms with van der Waals surface area (Å²) in [5.74, 6) is -5.54. The number of nitrogens with zero attached hydrogens (tertiary/aromatic N) is 1. The zero-order chi connectivity index (χ0) is 42.1. The predicted molar refractivity (Wildman–Crippen MR) is 204 cm³/mol. The molecule has 1 aromatic rings. The fourth-order valence-corrected chi connectivity index (χ4v) is 5.91. The first-order valence-corrected chi connectivity index (χ1v) is 18.5. The van der Waals surface area contributed by atoms with Crippen LogP contribution < -0.4 is 21.3 Å². The van der Waals surface area contributed by atoms with Crippen molar-refractivity contribution in [2.75, 3.05) is 20.8 Å². The average molecular weight is 776 g/mol. The zero-order valence-electron chi connectivity index (χ0n) is 33.9. The Balaban J connectivity index is 3.38. The van der Waals surface area contributed by atoms with E-state index in [1.54, 1.807) is 44.2 Å². The number of ketones is 2. The molecule has 0 fully saturated rings. The van der Waals surface area contributed by atoms with Gasteiger partial charge in [-0.25, -0.2) is 0 Å². The second-order valence-corrected chi connectivity index (χ2v) is 15.4. The van der Waals surface area contributed by atoms with Crippen LogP contribution in [0.3, 0.4) is 0 Å². The molecule has 0 aliphatic carbocycles. The van der Waals surface area contributed by atoms with E-state index in [2.05, 4.69) is 26.4 Å². The number of esters is 1. The zero-order valence-corrected chi connectivity index (χ0v) is 33.9. The molecule has 0 heterocycles. The molecule has 5 N–H and O–H groups in total. The maximum Gasteiger partial charge on any atom is 0.305 e. The van der Waals surface area contributed by atoms with Crippen LogP contribution in [0, 0.1) is 22.2 Å². The van der Waals surface area contributed by atoms with Crippen molar-refractivity contribution in [3.63, 3.8) is 0 Å². The average Bonchev–Trinajstić information content (AvgIpc) is 3.11. The highest BCUT2D eigenvalue weighted by Crippen LogP contribution is 2.22. The highest BCUT2D eigenvalue weighted by molar-refractivity contribution is 5.96. The smallest absolute Gasteiger partial charge is 0.305 e. The third kappa shape index (κ3) is 16.0. The summed E-state index contributed by atoms with van der Waals surface area (Å²) in [7, 11) is 2.57. The second kappa shape index (κ2) is 22.7. The van der Waals surface area contributed by atoms with E-state index in [1.165, 1.54) is 34.8 Å². The molecule has 0 aromatic heterocycles. The molecule has 16 nitrogen and oxygen atoms in total. The normalized spacial score (nSPS) is 15.9. The summed E-state index contributed by atoms with van der Waals surface area (Å²) in [6.07, 6.45) is -2.09. The molecule has 55 heavy (non-hydrogen) atoms. The van der Waals surface area contributed by atoms with Crippen LogP contribution in [-0.4, -0.2) is 103 Å². The van der Waals surface area contributed by atoms with E-state index in [1.807, 2.05) is 13.8 Å². The number of methoxy groups -OCH3 is 2. The van der Waals surface area contributed by atoms with Crippen molar-refractivity contribution < 1.29 is 48.1 Å². The molecule has 1 aromatic carbocycles. The number of rotatable bonds is 25. The van der Waals surface area contributed by atoms with Gasteiger partial charge in [0.1, 0.15) is 17.6 Å². The van der Waals surface area contributed by atoms with Crippen molar-refractivity contribution >= 4 is 41.2 Å². The number of hydrogen-bond donors (Lipinski definition) is 5. The van der Waals surface area contributed by atoms with Gasteiger partial charge in [-0.3, -0.25) is 33.6 Å². The molecular weight excluding hydrogens is 714 g/mol. The van der Waals surface area contributed by atoms with Crippen LogP contribution in [0.2, 0.25) is 0 Å². The SMILES string of the molecule is COCC(C)(C)C(=O)NC(C(=O)NC(CCC(=O)OC)C(=O)CCC(C(=O)NC(C)(Cc1ccccc1)C(=O)NC(CC(C)C)C(C)=O)C(C)N=O)C(C)O. The maximum absolute atomic E-state index is 14.0. The van der Waals surface area contributed by atoms with Crippen molar-refractivity contribution in [3.8, 4) is 0 Å². The van der Waals surface area contributed by atoms with Gasteiger partial charge >= 0.3 is 5.97 Å². The molecule has 7 atom stereocenters. The summed E-state index contributed by atoms with van der Waals surface area (Å²) in [5, 5.41) is 24.0. The van der Waals surface area contributed by atoms with E-state index in [4.69, 9.17) is 9.47 Å². The number of nitroso groups, excluding NO2 is 1. The number of carbonyl (C=O) groups is 7. The Hall–Kier alpha value is -4.57. The molecule has 4 amide bonds. The minimum absolute atomic E-state index is 0.0170. The van der Waals surface area contributed by atoms with Gasteiger partial charge in [-0.1, -0.05) is 49.4 Å². The first kappa shape index (κ1) is 48.4. The van der Waals surface area contributed by atoms with Gasteiger partial charge in [0.05, 0.1) is 43.2 Å². The number of carbonyl (C=O) groups excluding carboxylic acids is 7. The maximum atomic E-state index is 14.0. The highest BCUT2D eigenvalue weighted by Gasteiger charge is 2.40. The quantitative estimate of drug-likeness (QED) is 0.0714. The molecule has 0 aliphatic rings. The summed E-state index contributed by atoms with van der Waals surface area (Å²) in [6, 6.07) is 4.13. The summed E-state index contributed by atoms with van der Waals surface area (Å²) in [6.45, 7) is 12.6. The van der Waals surface area contributed by atoms with E-state index in [0.29, 0.717) is 12.0 Å². The van der Waals surface area contributed by atoms with E-state index >= 15 is 0 Å². The lowest BCUT2D eigenvalue weighted by atomic mass is 9.87. The van der Waals surface area contributed by atoms with Crippen LogP contribution in [0.25, 0.3) is 0 Å². The molecule has 0 aliphatic heterocycles. The van der Waals surface area contributed by atoms with Crippen molar-refractivity contribution in [2.45, 2.75) is 130 Å². The van der Waals surface area contributed by atoms with E-state index < -0.39 is 82.5 Å². The summed E-state index contributed by atoms with van der Waals surface area (Å²) >= 11 is 0. The van der Waals surface area contributed by atoms with Crippen molar-refractivity contribution in [1.29, 1.82) is 0 Å². The Labute approximate surface area is 324 Å². The Morgan fingerprint density at radius 2 is 1.44 bits per heavy atom. The van der Waals surface area contributed by atoms with E-state index in [-0.39, 0.29) is 50.4 Å². The summed E-state index contributed by atoms with van der Waals surface area (Å²) in [5.41, 5.74) is -1.97. The molecule has 0 radical (unpaired) electrons. The van der Waals surface area contributed by atoms with Gasteiger partial charge in [-0.05, 0) is 72.3 Å². The van der Waals surface area contributed by atoms with Crippen LogP contribution >= 0.6 is 0 Å².